The molecule has 5 aromatic rings. The molecule has 0 fully saturated rings. The lowest BCUT2D eigenvalue weighted by molar-refractivity contribution is 0.789. The molecule has 0 unspecified atom stereocenters. The first kappa shape index (κ1) is 16.6. The number of hydrogen-bond acceptors (Lipinski definition) is 1. The van der Waals surface area contributed by atoms with Crippen molar-refractivity contribution in [1.82, 2.24) is 4.68 Å². The molecule has 0 atom stereocenters. The average molecular weight is 362 g/mol. The number of benzene rings is 4. The molecular formula is C26H22N2. The number of nitrogens with zero attached hydrogens (tertiary/aromatic N) is 2. The van der Waals surface area contributed by atoms with Gasteiger partial charge in [-0.1, -0.05) is 97.1 Å². The minimum absolute atomic E-state index is 1.24. The largest absolute Gasteiger partial charge is 0.318 e. The predicted octanol–water partition coefficient (Wildman–Crippen LogP) is 6.33. The molecule has 0 bridgehead atoms. The van der Waals surface area contributed by atoms with Crippen molar-refractivity contribution >= 4 is 21.8 Å². The van der Waals surface area contributed by atoms with E-state index in [1.165, 1.54) is 44.1 Å². The lowest BCUT2D eigenvalue weighted by Crippen LogP contribution is -2.24. The van der Waals surface area contributed by atoms with Crippen LogP contribution in [0, 0.1) is 0 Å². The lowest BCUT2D eigenvalue weighted by atomic mass is 10.0. The lowest BCUT2D eigenvalue weighted by Gasteiger charge is -2.20. The molecule has 0 saturated carbocycles. The van der Waals surface area contributed by atoms with Gasteiger partial charge in [0.05, 0.1) is 11.0 Å². The van der Waals surface area contributed by atoms with Crippen LogP contribution in [0.2, 0.25) is 0 Å². The van der Waals surface area contributed by atoms with Crippen LogP contribution in [0.4, 0.5) is 0 Å². The monoisotopic (exact) mass is 362 g/mol. The Morgan fingerprint density at radius 3 is 1.32 bits per heavy atom. The van der Waals surface area contributed by atoms with E-state index in [0.29, 0.717) is 0 Å². The van der Waals surface area contributed by atoms with Gasteiger partial charge in [-0.05, 0) is 11.1 Å². The third kappa shape index (κ3) is 2.49. The first-order valence-electron chi connectivity index (χ1n) is 9.60. The molecule has 2 heteroatoms. The second kappa shape index (κ2) is 6.58. The van der Waals surface area contributed by atoms with E-state index >= 15 is 0 Å². The molecule has 0 aliphatic rings. The first-order valence-corrected chi connectivity index (χ1v) is 9.60. The van der Waals surface area contributed by atoms with Crippen LogP contribution in [0.5, 0.6) is 0 Å². The Morgan fingerprint density at radius 1 is 0.500 bits per heavy atom. The molecular weight excluding hydrogens is 340 g/mol. The first-order chi connectivity index (χ1) is 13.8. The van der Waals surface area contributed by atoms with Crippen molar-refractivity contribution in [3.8, 4) is 22.3 Å². The highest BCUT2D eigenvalue weighted by molar-refractivity contribution is 6.16. The van der Waals surface area contributed by atoms with Gasteiger partial charge in [0.15, 0.2) is 0 Å². The van der Waals surface area contributed by atoms with E-state index in [1.807, 2.05) is 0 Å². The maximum Gasteiger partial charge on any atom is 0.0786 e. The second-order valence-corrected chi connectivity index (χ2v) is 7.29. The Hall–Kier alpha value is -3.52. The van der Waals surface area contributed by atoms with Crippen LogP contribution in [-0.4, -0.2) is 18.8 Å². The third-order valence-electron chi connectivity index (χ3n) is 5.36. The van der Waals surface area contributed by atoms with E-state index in [9.17, 15) is 0 Å². The number of hydrogen-bond donors (Lipinski definition) is 0. The molecule has 1 heterocycles. The van der Waals surface area contributed by atoms with Crippen molar-refractivity contribution in [2.24, 2.45) is 0 Å². The number of rotatable bonds is 3. The number of fused-ring (bicyclic) bond motifs is 3. The van der Waals surface area contributed by atoms with Crippen molar-refractivity contribution in [2.45, 2.75) is 0 Å². The van der Waals surface area contributed by atoms with Gasteiger partial charge in [-0.15, -0.1) is 0 Å². The Balaban J connectivity index is 1.96. The Kier molecular flexibility index (Phi) is 3.91. The van der Waals surface area contributed by atoms with Crippen molar-refractivity contribution in [3.05, 3.63) is 97.1 Å². The maximum absolute atomic E-state index is 2.36. The summed E-state index contributed by atoms with van der Waals surface area (Å²) in [5, 5.41) is 4.74. The molecule has 0 saturated heterocycles. The standard InChI is InChI=1S/C26H22N2/c1-27(2)28-25-21(19-11-5-3-6-12-19)15-9-17-23(25)24-18-10-16-22(26(24)28)20-13-7-4-8-14-20/h3-18H,1-2H3. The van der Waals surface area contributed by atoms with Crippen molar-refractivity contribution in [2.75, 3.05) is 19.1 Å². The molecule has 0 spiro atoms. The summed E-state index contributed by atoms with van der Waals surface area (Å²) in [6, 6.07) is 34.5. The van der Waals surface area contributed by atoms with Crippen LogP contribution < -0.4 is 5.01 Å². The van der Waals surface area contributed by atoms with E-state index < -0.39 is 0 Å². The van der Waals surface area contributed by atoms with Gasteiger partial charge in [0.2, 0.25) is 0 Å². The quantitative estimate of drug-likeness (QED) is 0.364. The summed E-state index contributed by atoms with van der Waals surface area (Å²) in [6.07, 6.45) is 0. The van der Waals surface area contributed by atoms with E-state index in [2.05, 4.69) is 121 Å². The Morgan fingerprint density at radius 2 is 0.929 bits per heavy atom. The van der Waals surface area contributed by atoms with Gasteiger partial charge in [-0.3, -0.25) is 4.68 Å². The molecule has 2 nitrogen and oxygen atoms in total. The smallest absolute Gasteiger partial charge is 0.0786 e. The fourth-order valence-corrected chi connectivity index (χ4v) is 4.19. The summed E-state index contributed by atoms with van der Waals surface area (Å²) < 4.78 is 2.36. The topological polar surface area (TPSA) is 8.17 Å². The molecule has 5 rings (SSSR count). The van der Waals surface area contributed by atoms with Gasteiger partial charge >= 0.3 is 0 Å². The number of aromatic nitrogens is 1. The van der Waals surface area contributed by atoms with Gasteiger partial charge < -0.3 is 5.01 Å². The van der Waals surface area contributed by atoms with Crippen LogP contribution in [0.3, 0.4) is 0 Å². The maximum atomic E-state index is 2.36. The van der Waals surface area contributed by atoms with Gasteiger partial charge in [0.1, 0.15) is 0 Å². The van der Waals surface area contributed by atoms with E-state index in [1.54, 1.807) is 0 Å². The summed E-state index contributed by atoms with van der Waals surface area (Å²) in [7, 11) is 4.23. The predicted molar refractivity (Wildman–Crippen MR) is 120 cm³/mol. The fourth-order valence-electron chi connectivity index (χ4n) is 4.19. The van der Waals surface area contributed by atoms with Crippen molar-refractivity contribution in [1.29, 1.82) is 0 Å². The molecule has 4 aromatic carbocycles. The molecule has 0 amide bonds. The van der Waals surface area contributed by atoms with Crippen LogP contribution >= 0.6 is 0 Å². The van der Waals surface area contributed by atoms with Crippen molar-refractivity contribution < 1.29 is 0 Å². The summed E-state index contributed by atoms with van der Waals surface area (Å²) in [5.74, 6) is 0. The second-order valence-electron chi connectivity index (χ2n) is 7.29. The highest BCUT2D eigenvalue weighted by Gasteiger charge is 2.19. The Labute approximate surface area is 165 Å². The zero-order valence-corrected chi connectivity index (χ0v) is 16.1. The molecule has 0 aliphatic heterocycles. The minimum Gasteiger partial charge on any atom is -0.318 e. The van der Waals surface area contributed by atoms with Crippen LogP contribution in [-0.2, 0) is 0 Å². The van der Waals surface area contributed by atoms with Gasteiger partial charge in [0.25, 0.3) is 0 Å². The minimum atomic E-state index is 1.24. The SMILES string of the molecule is CN(C)n1c2c(-c3ccccc3)cccc2c2cccc(-c3ccccc3)c21. The van der Waals surface area contributed by atoms with E-state index in [-0.39, 0.29) is 0 Å². The Bertz CT molecular complexity index is 1170. The summed E-state index contributed by atoms with van der Waals surface area (Å²) in [6.45, 7) is 0. The van der Waals surface area contributed by atoms with E-state index in [0.717, 1.165) is 0 Å². The van der Waals surface area contributed by atoms with Crippen LogP contribution in [0.25, 0.3) is 44.1 Å². The molecule has 0 N–H and O–H groups in total. The van der Waals surface area contributed by atoms with E-state index in [4.69, 9.17) is 0 Å². The van der Waals surface area contributed by atoms with Crippen molar-refractivity contribution in [3.63, 3.8) is 0 Å². The summed E-state index contributed by atoms with van der Waals surface area (Å²) >= 11 is 0. The molecule has 0 radical (unpaired) electrons. The molecule has 1 aromatic heterocycles. The average Bonchev–Trinajstić information content (AvgIpc) is 3.10. The summed E-state index contributed by atoms with van der Waals surface area (Å²) in [4.78, 5) is 0. The van der Waals surface area contributed by atoms with Crippen LogP contribution in [0.1, 0.15) is 0 Å². The van der Waals surface area contributed by atoms with Crippen LogP contribution in [0.15, 0.2) is 97.1 Å². The fraction of sp³-hybridized carbons (Fsp3) is 0.0769. The summed E-state index contributed by atoms with van der Waals surface area (Å²) in [5.41, 5.74) is 7.47. The highest BCUT2D eigenvalue weighted by Crippen LogP contribution is 2.39. The van der Waals surface area contributed by atoms with Gasteiger partial charge in [-0.2, -0.15) is 0 Å². The normalized spacial score (nSPS) is 11.2. The molecule has 136 valence electrons. The zero-order valence-electron chi connectivity index (χ0n) is 16.1. The van der Waals surface area contributed by atoms with Gasteiger partial charge in [0, 0.05) is 36.0 Å². The number of para-hydroxylation sites is 2. The molecule has 28 heavy (non-hydrogen) atoms. The third-order valence-corrected chi connectivity index (χ3v) is 5.36. The highest BCUT2D eigenvalue weighted by atomic mass is 15.5. The van der Waals surface area contributed by atoms with Gasteiger partial charge in [-0.25, -0.2) is 0 Å². The molecule has 0 aliphatic carbocycles. The zero-order chi connectivity index (χ0) is 19.1.